The Balaban J connectivity index is 2.58. The molecular weight excluding hydrogens is 168 g/mol. The van der Waals surface area contributed by atoms with Crippen LogP contribution in [0.15, 0.2) is 24.3 Å². The molecule has 0 heterocycles. The molecule has 0 saturated heterocycles. The van der Waals surface area contributed by atoms with Gasteiger partial charge in [-0.2, -0.15) is 0 Å². The summed E-state index contributed by atoms with van der Waals surface area (Å²) in [6.07, 6.45) is 2.23. The Bertz CT molecular complexity index is 225. The van der Waals surface area contributed by atoms with Gasteiger partial charge in [0, 0.05) is 5.02 Å². The van der Waals surface area contributed by atoms with E-state index in [0.29, 0.717) is 0 Å². The molecule has 0 atom stereocenters. The van der Waals surface area contributed by atoms with Gasteiger partial charge in [0.1, 0.15) is 0 Å². The summed E-state index contributed by atoms with van der Waals surface area (Å²) in [6, 6.07) is 8.06. The van der Waals surface area contributed by atoms with E-state index >= 15 is 0 Å². The fraction of sp³-hybridized carbons (Fsp3) is 0.364. The van der Waals surface area contributed by atoms with Gasteiger partial charge in [-0.25, -0.2) is 0 Å². The van der Waals surface area contributed by atoms with Gasteiger partial charge in [-0.3, -0.25) is 0 Å². The van der Waals surface area contributed by atoms with Gasteiger partial charge in [0.15, 0.2) is 0 Å². The van der Waals surface area contributed by atoms with Crippen LogP contribution in [0.25, 0.3) is 0 Å². The molecular formula is C11H14Cl. The Morgan fingerprint density at radius 1 is 1.25 bits per heavy atom. The molecule has 0 aliphatic heterocycles. The molecule has 0 aromatic heterocycles. The van der Waals surface area contributed by atoms with Gasteiger partial charge >= 0.3 is 0 Å². The van der Waals surface area contributed by atoms with Gasteiger partial charge in [-0.1, -0.05) is 37.6 Å². The number of halogens is 1. The Kier molecular flexibility index (Phi) is 3.61. The maximum Gasteiger partial charge on any atom is 0.0406 e. The number of hydrogen-bond donors (Lipinski definition) is 0. The highest BCUT2D eigenvalue weighted by Crippen LogP contribution is 2.15. The third-order valence-electron chi connectivity index (χ3n) is 2.02. The lowest BCUT2D eigenvalue weighted by molar-refractivity contribution is 0.841. The van der Waals surface area contributed by atoms with Crippen molar-refractivity contribution in [3.63, 3.8) is 0 Å². The lowest BCUT2D eigenvalue weighted by atomic mass is 9.99. The summed E-state index contributed by atoms with van der Waals surface area (Å²) in [5.74, 6) is 1.51. The third-order valence-corrected chi connectivity index (χ3v) is 2.27. The third kappa shape index (κ3) is 2.86. The van der Waals surface area contributed by atoms with E-state index in [9.17, 15) is 0 Å². The van der Waals surface area contributed by atoms with E-state index < -0.39 is 0 Å². The smallest absolute Gasteiger partial charge is 0.0406 e. The molecule has 1 aromatic carbocycles. The Labute approximate surface area is 79.6 Å². The molecule has 0 N–H and O–H groups in total. The van der Waals surface area contributed by atoms with Crippen molar-refractivity contribution in [2.45, 2.75) is 26.7 Å². The molecule has 1 aromatic rings. The molecule has 1 heteroatoms. The zero-order valence-electron chi connectivity index (χ0n) is 7.60. The molecule has 12 heavy (non-hydrogen) atoms. The Hall–Kier alpha value is -0.490. The summed E-state index contributed by atoms with van der Waals surface area (Å²) in [6.45, 7) is 4.37. The minimum absolute atomic E-state index is 0.813. The van der Waals surface area contributed by atoms with E-state index in [1.54, 1.807) is 0 Å². The van der Waals surface area contributed by atoms with Gasteiger partial charge in [0.2, 0.25) is 0 Å². The zero-order valence-corrected chi connectivity index (χ0v) is 8.36. The zero-order chi connectivity index (χ0) is 8.97. The highest BCUT2D eigenvalue weighted by Gasteiger charge is 2.00. The lowest BCUT2D eigenvalue weighted by Gasteiger charge is -2.06. The number of rotatable bonds is 3. The Morgan fingerprint density at radius 3 is 2.33 bits per heavy atom. The number of hydrogen-bond acceptors (Lipinski definition) is 0. The first-order valence-corrected chi connectivity index (χ1v) is 4.66. The molecule has 65 valence electrons. The van der Waals surface area contributed by atoms with Crippen LogP contribution >= 0.6 is 11.6 Å². The molecule has 0 bridgehead atoms. The van der Waals surface area contributed by atoms with E-state index in [-0.39, 0.29) is 0 Å². The van der Waals surface area contributed by atoms with Crippen molar-refractivity contribution in [3.8, 4) is 0 Å². The maximum absolute atomic E-state index is 5.78. The minimum atomic E-state index is 0.813. The average Bonchev–Trinajstić information content (AvgIpc) is 2.09. The monoisotopic (exact) mass is 181 g/mol. The van der Waals surface area contributed by atoms with Gasteiger partial charge in [-0.05, 0) is 36.5 Å². The van der Waals surface area contributed by atoms with Crippen molar-refractivity contribution in [2.24, 2.45) is 0 Å². The van der Waals surface area contributed by atoms with Crippen LogP contribution in [0.1, 0.15) is 25.8 Å². The van der Waals surface area contributed by atoms with E-state index in [0.717, 1.165) is 17.9 Å². The van der Waals surface area contributed by atoms with Crippen LogP contribution in [-0.4, -0.2) is 0 Å². The predicted molar refractivity (Wildman–Crippen MR) is 54.4 cm³/mol. The molecule has 0 nitrogen and oxygen atoms in total. The fourth-order valence-corrected chi connectivity index (χ4v) is 1.20. The van der Waals surface area contributed by atoms with Gasteiger partial charge in [-0.15, -0.1) is 0 Å². The maximum atomic E-state index is 5.78. The van der Waals surface area contributed by atoms with Gasteiger partial charge < -0.3 is 0 Å². The lowest BCUT2D eigenvalue weighted by Crippen LogP contribution is -1.94. The van der Waals surface area contributed by atoms with Gasteiger partial charge in [0.25, 0.3) is 0 Å². The summed E-state index contributed by atoms with van der Waals surface area (Å²) in [4.78, 5) is 0. The number of benzene rings is 1. The quantitative estimate of drug-likeness (QED) is 0.664. The first kappa shape index (κ1) is 9.60. The molecule has 0 unspecified atom stereocenters. The summed E-state index contributed by atoms with van der Waals surface area (Å²) in [5.41, 5.74) is 1.35. The second-order valence-corrected chi connectivity index (χ2v) is 3.55. The summed E-state index contributed by atoms with van der Waals surface area (Å²) < 4.78 is 0. The van der Waals surface area contributed by atoms with E-state index in [2.05, 4.69) is 26.0 Å². The van der Waals surface area contributed by atoms with Crippen LogP contribution in [-0.2, 0) is 6.42 Å². The van der Waals surface area contributed by atoms with Crippen LogP contribution in [0, 0.1) is 5.92 Å². The summed E-state index contributed by atoms with van der Waals surface area (Å²) in [5, 5.41) is 0.813. The molecule has 0 saturated carbocycles. The highest BCUT2D eigenvalue weighted by molar-refractivity contribution is 6.30. The van der Waals surface area contributed by atoms with E-state index in [1.807, 2.05) is 12.1 Å². The van der Waals surface area contributed by atoms with Crippen molar-refractivity contribution in [2.75, 3.05) is 0 Å². The van der Waals surface area contributed by atoms with Crippen LogP contribution < -0.4 is 0 Å². The highest BCUT2D eigenvalue weighted by atomic mass is 35.5. The average molecular weight is 182 g/mol. The Morgan fingerprint density at radius 2 is 1.83 bits per heavy atom. The van der Waals surface area contributed by atoms with Crippen LogP contribution in [0.4, 0.5) is 0 Å². The molecule has 1 rings (SSSR count). The second-order valence-electron chi connectivity index (χ2n) is 3.11. The molecule has 0 fully saturated rings. The van der Waals surface area contributed by atoms with Gasteiger partial charge in [0.05, 0.1) is 0 Å². The topological polar surface area (TPSA) is 0 Å². The van der Waals surface area contributed by atoms with Crippen molar-refractivity contribution in [3.05, 3.63) is 40.8 Å². The fourth-order valence-electron chi connectivity index (χ4n) is 1.08. The summed E-state index contributed by atoms with van der Waals surface area (Å²) >= 11 is 5.78. The van der Waals surface area contributed by atoms with Crippen molar-refractivity contribution < 1.29 is 0 Å². The van der Waals surface area contributed by atoms with Crippen LogP contribution in [0.2, 0.25) is 5.02 Å². The van der Waals surface area contributed by atoms with Crippen molar-refractivity contribution in [1.82, 2.24) is 0 Å². The minimum Gasteiger partial charge on any atom is -0.0843 e. The second kappa shape index (κ2) is 4.51. The molecule has 1 radical (unpaired) electrons. The van der Waals surface area contributed by atoms with E-state index in [4.69, 9.17) is 11.6 Å². The first-order chi connectivity index (χ1) is 5.72. The largest absolute Gasteiger partial charge is 0.0843 e. The predicted octanol–water partition coefficient (Wildman–Crippen LogP) is 3.89. The van der Waals surface area contributed by atoms with Crippen LogP contribution in [0.3, 0.4) is 0 Å². The SMILES string of the molecule is CC[C](C)Cc1ccc(Cl)cc1. The van der Waals surface area contributed by atoms with Crippen molar-refractivity contribution in [1.29, 1.82) is 0 Å². The molecule has 0 aliphatic rings. The molecule has 0 amide bonds. The van der Waals surface area contributed by atoms with Crippen molar-refractivity contribution >= 4 is 11.6 Å². The first-order valence-electron chi connectivity index (χ1n) is 4.28. The molecule has 0 aliphatic carbocycles. The summed E-state index contributed by atoms with van der Waals surface area (Å²) in [7, 11) is 0. The standard InChI is InChI=1S/C11H14Cl/c1-3-9(2)8-10-4-6-11(12)7-5-10/h4-7H,3,8H2,1-2H3. The van der Waals surface area contributed by atoms with Crippen LogP contribution in [0.5, 0.6) is 0 Å². The van der Waals surface area contributed by atoms with E-state index in [1.165, 1.54) is 11.5 Å². The molecule has 0 spiro atoms. The normalized spacial score (nSPS) is 10.7.